The smallest absolute Gasteiger partial charge is 0.340 e. The highest BCUT2D eigenvalue weighted by Crippen LogP contribution is 2.32. The second-order valence-electron chi connectivity index (χ2n) is 3.15. The number of ether oxygens (including phenoxy) is 3. The summed E-state index contributed by atoms with van der Waals surface area (Å²) in [5.74, 6) is 0.175. The van der Waals surface area contributed by atoms with Gasteiger partial charge in [0.2, 0.25) is 0 Å². The molecule has 3 N–H and O–H groups in total. The van der Waals surface area contributed by atoms with Crippen molar-refractivity contribution >= 4 is 11.7 Å². The summed E-state index contributed by atoms with van der Waals surface area (Å²) in [6, 6.07) is 2.90. The second-order valence-corrected chi connectivity index (χ2v) is 3.15. The third-order valence-corrected chi connectivity index (χ3v) is 2.09. The molecule has 0 bridgehead atoms. The quantitative estimate of drug-likeness (QED) is 0.574. The first kappa shape index (κ1) is 13.1. The Morgan fingerprint density at radius 3 is 2.59 bits per heavy atom. The Hall–Kier alpha value is -1.95. The van der Waals surface area contributed by atoms with E-state index in [1.54, 1.807) is 0 Å². The molecule has 0 saturated heterocycles. The van der Waals surface area contributed by atoms with Crippen LogP contribution >= 0.6 is 0 Å². The summed E-state index contributed by atoms with van der Waals surface area (Å²) in [4.78, 5) is 11.4. The van der Waals surface area contributed by atoms with E-state index < -0.39 is 5.97 Å². The van der Waals surface area contributed by atoms with Gasteiger partial charge in [-0.15, -0.1) is 0 Å². The Morgan fingerprint density at radius 1 is 1.35 bits per heavy atom. The third kappa shape index (κ3) is 3.01. The van der Waals surface area contributed by atoms with E-state index in [1.165, 1.54) is 26.4 Å². The van der Waals surface area contributed by atoms with Crippen molar-refractivity contribution in [2.75, 3.05) is 33.2 Å². The molecule has 1 aromatic rings. The zero-order valence-corrected chi connectivity index (χ0v) is 9.73. The first-order chi connectivity index (χ1) is 8.13. The minimum absolute atomic E-state index is 0.118. The van der Waals surface area contributed by atoms with E-state index in [1.807, 2.05) is 0 Å². The van der Waals surface area contributed by atoms with E-state index >= 15 is 0 Å². The Kier molecular flexibility index (Phi) is 4.59. The molecular formula is C11H15NO5. The van der Waals surface area contributed by atoms with Crippen molar-refractivity contribution in [1.29, 1.82) is 0 Å². The summed E-state index contributed by atoms with van der Waals surface area (Å²) >= 11 is 0. The van der Waals surface area contributed by atoms with Gasteiger partial charge in [-0.2, -0.15) is 0 Å². The predicted molar refractivity (Wildman–Crippen MR) is 61.3 cm³/mol. The molecule has 1 aromatic carbocycles. The standard InChI is InChI=1S/C11H15NO5/c1-15-9-5-7(11(14)16-2)8(12)6-10(9)17-4-3-13/h5-6,13H,3-4,12H2,1-2H3. The molecule has 0 aromatic heterocycles. The molecule has 0 fully saturated rings. The van der Waals surface area contributed by atoms with Gasteiger partial charge >= 0.3 is 5.97 Å². The zero-order chi connectivity index (χ0) is 12.8. The van der Waals surface area contributed by atoms with Gasteiger partial charge in [-0.1, -0.05) is 0 Å². The van der Waals surface area contributed by atoms with Crippen molar-refractivity contribution < 1.29 is 24.1 Å². The molecule has 0 amide bonds. The molecule has 0 aliphatic rings. The van der Waals surface area contributed by atoms with Crippen LogP contribution in [0.15, 0.2) is 12.1 Å². The fraction of sp³-hybridized carbons (Fsp3) is 0.364. The van der Waals surface area contributed by atoms with Gasteiger partial charge in [-0.25, -0.2) is 4.79 Å². The number of esters is 1. The van der Waals surface area contributed by atoms with Crippen LogP contribution in [0, 0.1) is 0 Å². The number of aliphatic hydroxyl groups excluding tert-OH is 1. The molecule has 0 heterocycles. The van der Waals surface area contributed by atoms with Crippen molar-refractivity contribution in [3.05, 3.63) is 17.7 Å². The van der Waals surface area contributed by atoms with Crippen molar-refractivity contribution in [3.63, 3.8) is 0 Å². The van der Waals surface area contributed by atoms with Crippen LogP contribution < -0.4 is 15.2 Å². The summed E-state index contributed by atoms with van der Waals surface area (Å²) in [7, 11) is 2.71. The van der Waals surface area contributed by atoms with Gasteiger partial charge in [0.05, 0.1) is 32.1 Å². The number of nitrogen functional groups attached to an aromatic ring is 1. The zero-order valence-electron chi connectivity index (χ0n) is 9.73. The first-order valence-electron chi connectivity index (χ1n) is 4.93. The maximum Gasteiger partial charge on any atom is 0.340 e. The molecule has 17 heavy (non-hydrogen) atoms. The highest BCUT2D eigenvalue weighted by atomic mass is 16.5. The average Bonchev–Trinajstić information content (AvgIpc) is 2.35. The highest BCUT2D eigenvalue weighted by molar-refractivity contribution is 5.96. The highest BCUT2D eigenvalue weighted by Gasteiger charge is 2.15. The van der Waals surface area contributed by atoms with Gasteiger partial charge in [0, 0.05) is 12.1 Å². The van der Waals surface area contributed by atoms with E-state index in [4.69, 9.17) is 20.3 Å². The fourth-order valence-electron chi connectivity index (χ4n) is 1.29. The number of methoxy groups -OCH3 is 2. The van der Waals surface area contributed by atoms with Crippen LogP contribution in [0.1, 0.15) is 10.4 Å². The second kappa shape index (κ2) is 5.95. The maximum absolute atomic E-state index is 11.4. The number of aliphatic hydroxyl groups is 1. The van der Waals surface area contributed by atoms with E-state index in [0.717, 1.165) is 0 Å². The Balaban J connectivity index is 3.10. The molecule has 1 rings (SSSR count). The number of rotatable bonds is 5. The molecular weight excluding hydrogens is 226 g/mol. The molecule has 6 nitrogen and oxygen atoms in total. The number of nitrogens with two attached hydrogens (primary N) is 1. The maximum atomic E-state index is 11.4. The number of carbonyl (C=O) groups is 1. The summed E-state index contributed by atoms with van der Waals surface area (Å²) < 4.78 is 14.9. The van der Waals surface area contributed by atoms with Crippen molar-refractivity contribution in [2.45, 2.75) is 0 Å². The summed E-state index contributed by atoms with van der Waals surface area (Å²) in [5.41, 5.74) is 6.13. The molecule has 0 aliphatic heterocycles. The molecule has 0 spiro atoms. The van der Waals surface area contributed by atoms with Gasteiger partial charge in [-0.05, 0) is 0 Å². The molecule has 0 aliphatic carbocycles. The van der Waals surface area contributed by atoms with E-state index in [0.29, 0.717) is 11.5 Å². The molecule has 0 radical (unpaired) electrons. The van der Waals surface area contributed by atoms with Gasteiger partial charge in [0.25, 0.3) is 0 Å². The first-order valence-corrected chi connectivity index (χ1v) is 4.93. The van der Waals surface area contributed by atoms with Crippen LogP contribution in [-0.2, 0) is 4.74 Å². The SMILES string of the molecule is COC(=O)c1cc(OC)c(OCCO)cc1N. The lowest BCUT2D eigenvalue weighted by Crippen LogP contribution is -2.08. The topological polar surface area (TPSA) is 91.0 Å². The Labute approximate surface area is 98.9 Å². The largest absolute Gasteiger partial charge is 0.493 e. The normalized spacial score (nSPS) is 9.82. The molecule has 6 heteroatoms. The number of benzene rings is 1. The van der Waals surface area contributed by atoms with E-state index in [2.05, 4.69) is 4.74 Å². The van der Waals surface area contributed by atoms with Gasteiger partial charge in [-0.3, -0.25) is 0 Å². The van der Waals surface area contributed by atoms with Crippen LogP contribution in [-0.4, -0.2) is 38.5 Å². The lowest BCUT2D eigenvalue weighted by Gasteiger charge is -2.12. The van der Waals surface area contributed by atoms with Crippen molar-refractivity contribution in [1.82, 2.24) is 0 Å². The number of anilines is 1. The van der Waals surface area contributed by atoms with E-state index in [9.17, 15) is 4.79 Å². The Bertz CT molecular complexity index is 405. The van der Waals surface area contributed by atoms with Crippen LogP contribution in [0.25, 0.3) is 0 Å². The molecule has 0 saturated carbocycles. The number of hydrogen-bond donors (Lipinski definition) is 2. The average molecular weight is 241 g/mol. The number of carbonyl (C=O) groups excluding carboxylic acids is 1. The van der Waals surface area contributed by atoms with Gasteiger partial charge < -0.3 is 25.1 Å². The lowest BCUT2D eigenvalue weighted by atomic mass is 10.1. The lowest BCUT2D eigenvalue weighted by molar-refractivity contribution is 0.0601. The molecule has 0 atom stereocenters. The minimum atomic E-state index is -0.547. The fourth-order valence-corrected chi connectivity index (χ4v) is 1.29. The van der Waals surface area contributed by atoms with E-state index in [-0.39, 0.29) is 24.5 Å². The van der Waals surface area contributed by atoms with Gasteiger partial charge in [0.15, 0.2) is 11.5 Å². The summed E-state index contributed by atoms with van der Waals surface area (Å²) in [5, 5.41) is 8.67. The summed E-state index contributed by atoms with van der Waals surface area (Å²) in [6.07, 6.45) is 0. The van der Waals surface area contributed by atoms with Crippen LogP contribution in [0.3, 0.4) is 0 Å². The minimum Gasteiger partial charge on any atom is -0.493 e. The third-order valence-electron chi connectivity index (χ3n) is 2.09. The number of hydrogen-bond acceptors (Lipinski definition) is 6. The predicted octanol–water partition coefficient (Wildman–Crippen LogP) is 0.435. The van der Waals surface area contributed by atoms with Crippen LogP contribution in [0.5, 0.6) is 11.5 Å². The Morgan fingerprint density at radius 2 is 2.06 bits per heavy atom. The summed E-state index contributed by atoms with van der Waals surface area (Å²) in [6.45, 7) is -0.00478. The van der Waals surface area contributed by atoms with Crippen molar-refractivity contribution in [3.8, 4) is 11.5 Å². The monoisotopic (exact) mass is 241 g/mol. The van der Waals surface area contributed by atoms with Crippen LogP contribution in [0.2, 0.25) is 0 Å². The van der Waals surface area contributed by atoms with Gasteiger partial charge in [0.1, 0.15) is 6.61 Å². The van der Waals surface area contributed by atoms with Crippen LogP contribution in [0.4, 0.5) is 5.69 Å². The van der Waals surface area contributed by atoms with Crippen molar-refractivity contribution in [2.24, 2.45) is 0 Å². The molecule has 94 valence electrons. The molecule has 0 unspecified atom stereocenters.